The molecule has 1 heterocycles. The molecule has 2 aromatic carbocycles. The molecular weight excluding hydrogens is 552 g/mol. The fourth-order valence-corrected chi connectivity index (χ4v) is 6.71. The largest absolute Gasteiger partial charge is 0.479 e. The number of aliphatic carboxylic acids is 1. The lowest BCUT2D eigenvalue weighted by atomic mass is 9.77. The van der Waals surface area contributed by atoms with Gasteiger partial charge in [0.25, 0.3) is 0 Å². The Bertz CT molecular complexity index is 1110. The van der Waals surface area contributed by atoms with Crippen molar-refractivity contribution < 1.29 is 29.7 Å². The maximum atomic E-state index is 9.52. The zero-order chi connectivity index (χ0) is 29.5. The van der Waals surface area contributed by atoms with E-state index in [4.69, 9.17) is 36.5 Å². The van der Waals surface area contributed by atoms with Crippen LogP contribution in [0.15, 0.2) is 36.4 Å². The standard InChI is InChI=1S/C26H35ClN2S.C3H6O4.CO2/c1-26(2)13-3-4-22(16-26)30-18-20-7-5-19(6-8-20)17-29-25-23-12-15-28-14-11-21(23)9-10-24(25)27;4-1-2(5)3(6)7;2-1-3/h5-10,22,28-29H,3-4,11-18H2,1-2H3;2,4-5H,1H2,(H,6,7);/t;2-;/m.1./s1. The van der Waals surface area contributed by atoms with Gasteiger partial charge in [0.2, 0.25) is 0 Å². The minimum Gasteiger partial charge on any atom is -0.479 e. The summed E-state index contributed by atoms with van der Waals surface area (Å²) in [5.41, 5.74) is 7.20. The number of anilines is 1. The van der Waals surface area contributed by atoms with E-state index in [1.54, 1.807) is 0 Å². The fourth-order valence-electron chi connectivity index (χ4n) is 4.94. The predicted octanol–water partition coefficient (Wildman–Crippen LogP) is 4.68. The number of fused-ring (bicyclic) bond motifs is 1. The SMILES string of the molecule is CC1(C)CCCC(SCc2ccc(CNc3c(Cl)ccc4c3CCNCC4)cc2)C1.O=C(O)[C@H](O)CO.O=C=O. The molecule has 0 spiro atoms. The third-order valence-electron chi connectivity index (χ3n) is 7.08. The summed E-state index contributed by atoms with van der Waals surface area (Å²) >= 11 is 8.70. The highest BCUT2D eigenvalue weighted by atomic mass is 35.5. The van der Waals surface area contributed by atoms with Gasteiger partial charge in [-0.15, -0.1) is 0 Å². The zero-order valence-corrected chi connectivity index (χ0v) is 24.8. The number of aliphatic hydroxyl groups is 2. The zero-order valence-electron chi connectivity index (χ0n) is 23.2. The van der Waals surface area contributed by atoms with Crippen molar-refractivity contribution in [3.63, 3.8) is 0 Å². The number of rotatable bonds is 8. The Morgan fingerprint density at radius 1 is 1.15 bits per heavy atom. The molecule has 2 atom stereocenters. The van der Waals surface area contributed by atoms with Crippen LogP contribution in [-0.4, -0.2) is 58.5 Å². The van der Waals surface area contributed by atoms with E-state index in [2.05, 4.69) is 66.6 Å². The summed E-state index contributed by atoms with van der Waals surface area (Å²) in [7, 11) is 0. The van der Waals surface area contributed by atoms with Crippen molar-refractivity contribution in [1.29, 1.82) is 0 Å². The number of benzene rings is 2. The normalized spacial score (nSPS) is 18.3. The molecule has 0 radical (unpaired) electrons. The first-order valence-electron chi connectivity index (χ1n) is 13.6. The van der Waals surface area contributed by atoms with Gasteiger partial charge in [-0.05, 0) is 78.9 Å². The minimum absolute atomic E-state index is 0.250. The molecule has 2 aliphatic rings. The van der Waals surface area contributed by atoms with Crippen molar-refractivity contribution in [1.82, 2.24) is 5.32 Å². The molecule has 0 saturated heterocycles. The van der Waals surface area contributed by atoms with Gasteiger partial charge >= 0.3 is 12.1 Å². The van der Waals surface area contributed by atoms with Crippen LogP contribution in [0.5, 0.6) is 0 Å². The second kappa shape index (κ2) is 17.4. The molecule has 40 heavy (non-hydrogen) atoms. The fraction of sp³-hybridized carbons (Fsp3) is 0.533. The van der Waals surface area contributed by atoms with Crippen LogP contribution in [0, 0.1) is 5.41 Å². The molecule has 1 aliphatic heterocycles. The van der Waals surface area contributed by atoms with E-state index in [-0.39, 0.29) is 6.15 Å². The molecule has 2 aromatic rings. The van der Waals surface area contributed by atoms with Crippen molar-refractivity contribution in [3.8, 4) is 0 Å². The Balaban J connectivity index is 0.000000483. The highest BCUT2D eigenvalue weighted by molar-refractivity contribution is 7.99. The number of carboxylic acids is 1. The number of carbonyl (C=O) groups is 1. The third-order valence-corrected chi connectivity index (χ3v) is 8.77. The molecule has 1 aliphatic carbocycles. The van der Waals surface area contributed by atoms with E-state index in [9.17, 15) is 4.79 Å². The van der Waals surface area contributed by atoms with Gasteiger partial charge in [0, 0.05) is 17.5 Å². The third kappa shape index (κ3) is 11.6. The smallest absolute Gasteiger partial charge is 0.373 e. The van der Waals surface area contributed by atoms with Crippen LogP contribution in [0.25, 0.3) is 0 Å². The van der Waals surface area contributed by atoms with E-state index in [1.165, 1.54) is 47.9 Å². The highest BCUT2D eigenvalue weighted by Crippen LogP contribution is 2.41. The average Bonchev–Trinajstić information content (AvgIpc) is 3.17. The minimum atomic E-state index is -1.63. The maximum absolute atomic E-state index is 9.52. The molecule has 1 unspecified atom stereocenters. The van der Waals surface area contributed by atoms with E-state index < -0.39 is 18.7 Å². The van der Waals surface area contributed by atoms with Crippen LogP contribution < -0.4 is 10.6 Å². The van der Waals surface area contributed by atoms with E-state index >= 15 is 0 Å². The number of hydrogen-bond acceptors (Lipinski definition) is 8. The Morgan fingerprint density at radius 3 is 2.40 bits per heavy atom. The Morgan fingerprint density at radius 2 is 1.80 bits per heavy atom. The van der Waals surface area contributed by atoms with Crippen LogP contribution in [-0.2, 0) is 39.5 Å². The lowest BCUT2D eigenvalue weighted by Crippen LogP contribution is -2.24. The molecule has 4 rings (SSSR count). The van der Waals surface area contributed by atoms with Crippen LogP contribution in [0.1, 0.15) is 61.8 Å². The van der Waals surface area contributed by atoms with E-state index in [1.807, 2.05) is 6.07 Å². The Hall–Kier alpha value is -2.39. The molecule has 10 heteroatoms. The molecule has 0 aromatic heterocycles. The van der Waals surface area contributed by atoms with Crippen molar-refractivity contribution in [2.45, 2.75) is 76.0 Å². The summed E-state index contributed by atoms with van der Waals surface area (Å²) in [5.74, 6) is -0.276. The number of hydrogen-bond donors (Lipinski definition) is 5. The maximum Gasteiger partial charge on any atom is 0.373 e. The average molecular weight is 593 g/mol. The van der Waals surface area contributed by atoms with Crippen LogP contribution in [0.3, 0.4) is 0 Å². The van der Waals surface area contributed by atoms with Gasteiger partial charge in [-0.25, -0.2) is 4.79 Å². The molecule has 220 valence electrons. The first kappa shape index (κ1) is 33.8. The van der Waals surface area contributed by atoms with Gasteiger partial charge in [0.1, 0.15) is 0 Å². The summed E-state index contributed by atoms with van der Waals surface area (Å²) in [5, 5.41) is 32.5. The van der Waals surface area contributed by atoms with Crippen LogP contribution in [0.4, 0.5) is 5.69 Å². The number of carboxylic acid groups (broad SMARTS) is 1. The second-order valence-corrected chi connectivity index (χ2v) is 12.5. The van der Waals surface area contributed by atoms with Gasteiger partial charge in [-0.3, -0.25) is 0 Å². The number of aliphatic hydroxyl groups excluding tert-OH is 2. The molecule has 1 saturated carbocycles. The monoisotopic (exact) mass is 592 g/mol. The van der Waals surface area contributed by atoms with Gasteiger partial charge in [-0.1, -0.05) is 62.2 Å². The predicted molar refractivity (Wildman–Crippen MR) is 159 cm³/mol. The summed E-state index contributed by atoms with van der Waals surface area (Å²) in [6.45, 7) is 7.01. The summed E-state index contributed by atoms with van der Waals surface area (Å²) in [6, 6.07) is 13.4. The lowest BCUT2D eigenvalue weighted by molar-refractivity contribution is -0.191. The van der Waals surface area contributed by atoms with E-state index in [0.717, 1.165) is 54.2 Å². The van der Waals surface area contributed by atoms with Crippen LogP contribution >= 0.6 is 23.4 Å². The first-order chi connectivity index (χ1) is 19.1. The molecule has 5 N–H and O–H groups in total. The topological polar surface area (TPSA) is 136 Å². The van der Waals surface area contributed by atoms with Crippen molar-refractivity contribution in [2.75, 3.05) is 25.0 Å². The highest BCUT2D eigenvalue weighted by Gasteiger charge is 2.28. The molecular formula is C30H41ClN2O6S. The molecule has 1 fully saturated rings. The van der Waals surface area contributed by atoms with Crippen LogP contribution in [0.2, 0.25) is 5.02 Å². The molecule has 0 amide bonds. The number of thioether (sulfide) groups is 1. The van der Waals surface area contributed by atoms with Crippen molar-refractivity contribution in [2.24, 2.45) is 5.41 Å². The Kier molecular flexibility index (Phi) is 14.7. The first-order valence-corrected chi connectivity index (χ1v) is 15.0. The van der Waals surface area contributed by atoms with Gasteiger partial charge in [0.05, 0.1) is 17.3 Å². The Labute approximate surface area is 245 Å². The van der Waals surface area contributed by atoms with Gasteiger partial charge < -0.3 is 26.0 Å². The number of carbonyl (C=O) groups excluding carboxylic acids is 2. The lowest BCUT2D eigenvalue weighted by Gasteiger charge is -2.34. The quantitative estimate of drug-likeness (QED) is 0.296. The number of nitrogens with one attached hydrogen (secondary N) is 2. The molecule has 8 nitrogen and oxygen atoms in total. The van der Waals surface area contributed by atoms with E-state index in [0.29, 0.717) is 5.41 Å². The summed E-state index contributed by atoms with van der Waals surface area (Å²) in [6.07, 6.45) is 6.25. The summed E-state index contributed by atoms with van der Waals surface area (Å²) < 4.78 is 0. The summed E-state index contributed by atoms with van der Waals surface area (Å²) in [4.78, 5) is 25.8. The van der Waals surface area contributed by atoms with Gasteiger partial charge in [-0.2, -0.15) is 21.4 Å². The number of halogens is 1. The van der Waals surface area contributed by atoms with Crippen molar-refractivity contribution >= 4 is 41.2 Å². The second-order valence-electron chi connectivity index (χ2n) is 10.8. The molecule has 0 bridgehead atoms. The van der Waals surface area contributed by atoms with Gasteiger partial charge in [0.15, 0.2) is 6.10 Å². The van der Waals surface area contributed by atoms with Crippen molar-refractivity contribution in [3.05, 3.63) is 63.7 Å².